The van der Waals surface area contributed by atoms with Gasteiger partial charge in [0.15, 0.2) is 25.4 Å². The first-order valence-electron chi connectivity index (χ1n) is 17.3. The zero-order chi connectivity index (χ0) is 41.8. The maximum absolute atomic E-state index is 12.6. The number of halogens is 9. The second-order valence-corrected chi connectivity index (χ2v) is 14.4. The summed E-state index contributed by atoms with van der Waals surface area (Å²) in [4.78, 5) is 24.7. The largest absolute Gasteiger partial charge is 0.494 e. The molecule has 0 N–H and O–H groups in total. The van der Waals surface area contributed by atoms with Crippen molar-refractivity contribution in [2.75, 3.05) is 0 Å². The van der Waals surface area contributed by atoms with Crippen LogP contribution in [0.4, 0.5) is 26.3 Å². The molecule has 0 amide bonds. The average molecular weight is 937 g/mol. The quantitative estimate of drug-likeness (QED) is 0.0566. The van der Waals surface area contributed by atoms with Crippen LogP contribution in [0.3, 0.4) is 0 Å². The molecule has 1 saturated heterocycles. The molecule has 10 nitrogen and oxygen atoms in total. The van der Waals surface area contributed by atoms with Gasteiger partial charge in [-0.2, -0.15) is 26.3 Å². The molecule has 0 unspecified atom stereocenters. The van der Waals surface area contributed by atoms with Crippen LogP contribution in [0.1, 0.15) is 66.5 Å². The lowest BCUT2D eigenvalue weighted by Crippen LogP contribution is -2.41. The molecule has 5 heterocycles. The Kier molecular flexibility index (Phi) is 14.4. The van der Waals surface area contributed by atoms with E-state index in [1.54, 1.807) is 4.57 Å². The van der Waals surface area contributed by atoms with E-state index in [1.165, 1.54) is 36.9 Å². The van der Waals surface area contributed by atoms with Crippen LogP contribution in [0.5, 0.6) is 0 Å². The molecule has 20 heteroatoms. The zero-order valence-electron chi connectivity index (χ0n) is 31.6. The summed E-state index contributed by atoms with van der Waals surface area (Å²) in [5.74, 6) is 0.508. The molecular formula is C36H38BCl2F6IN8O2. The minimum atomic E-state index is -4.36. The summed E-state index contributed by atoms with van der Waals surface area (Å²) in [5, 5.41) is 0.625. The normalized spacial score (nSPS) is 14.8. The minimum absolute atomic E-state index is 0.213. The van der Waals surface area contributed by atoms with Gasteiger partial charge in [0.2, 0.25) is 0 Å². The van der Waals surface area contributed by atoms with Gasteiger partial charge in [0, 0.05) is 41.2 Å². The summed E-state index contributed by atoms with van der Waals surface area (Å²) >= 11 is 14.0. The Morgan fingerprint density at radius 2 is 1.07 bits per heavy atom. The average Bonchev–Trinajstić information content (AvgIpc) is 3.77. The predicted molar refractivity (Wildman–Crippen MR) is 214 cm³/mol. The van der Waals surface area contributed by atoms with E-state index < -0.39 is 41.8 Å². The van der Waals surface area contributed by atoms with Crippen molar-refractivity contribution in [2.24, 2.45) is 0 Å². The number of rotatable bonds is 4. The summed E-state index contributed by atoms with van der Waals surface area (Å²) < 4.78 is 91.5. The predicted octanol–water partition coefficient (Wildman–Crippen LogP) is 10.3. The minimum Gasteiger partial charge on any atom is -0.399 e. The lowest BCUT2D eigenvalue weighted by molar-refractivity contribution is -0.138. The summed E-state index contributed by atoms with van der Waals surface area (Å²) in [6.07, 6.45) is -5.91. The third-order valence-electron chi connectivity index (χ3n) is 8.79. The number of hydrogen-bond acceptors (Lipinski definition) is 8. The van der Waals surface area contributed by atoms with Crippen LogP contribution in [0.25, 0.3) is 33.7 Å². The van der Waals surface area contributed by atoms with E-state index in [0.717, 1.165) is 40.3 Å². The van der Waals surface area contributed by atoms with E-state index in [2.05, 4.69) is 52.5 Å². The maximum Gasteiger partial charge on any atom is 0.494 e. The summed E-state index contributed by atoms with van der Waals surface area (Å²) in [5.41, 5.74) is 1.23. The zero-order valence-corrected chi connectivity index (χ0v) is 35.2. The number of fused-ring (bicyclic) bond motifs is 2. The Hall–Kier alpha value is -3.59. The number of alkyl halides is 6. The maximum atomic E-state index is 12.6. The van der Waals surface area contributed by atoms with Crippen LogP contribution >= 0.6 is 45.8 Å². The van der Waals surface area contributed by atoms with Crippen molar-refractivity contribution in [3.63, 3.8) is 0 Å². The highest BCUT2D eigenvalue weighted by Crippen LogP contribution is 2.37. The fourth-order valence-corrected chi connectivity index (χ4v) is 6.36. The van der Waals surface area contributed by atoms with Gasteiger partial charge >= 0.3 is 19.5 Å². The monoisotopic (exact) mass is 936 g/mol. The smallest absolute Gasteiger partial charge is 0.399 e. The van der Waals surface area contributed by atoms with Gasteiger partial charge in [0.25, 0.3) is 0 Å². The molecule has 0 atom stereocenters. The van der Waals surface area contributed by atoms with Gasteiger partial charge in [-0.3, -0.25) is 0 Å². The SMILES string of the molecule is CC.CC1(C)OB(c2ccc(C(F)(F)F)cc2)OC1(C)C.CCn1c(-c2ccc(C(F)(F)F)cc2)nc2c(Cl)ncnc21.CCn1c(I)nc2c(Cl)ncnc21. The number of aryl methyl sites for hydroxylation is 2. The van der Waals surface area contributed by atoms with Gasteiger partial charge in [0.1, 0.15) is 29.5 Å². The van der Waals surface area contributed by atoms with Crippen molar-refractivity contribution in [1.29, 1.82) is 0 Å². The van der Waals surface area contributed by atoms with E-state index in [1.807, 2.05) is 60.0 Å². The van der Waals surface area contributed by atoms with Crippen molar-refractivity contribution < 1.29 is 35.7 Å². The molecule has 1 fully saturated rings. The molecule has 2 aromatic carbocycles. The van der Waals surface area contributed by atoms with Crippen LogP contribution in [0, 0.1) is 3.83 Å². The van der Waals surface area contributed by atoms with Crippen LogP contribution < -0.4 is 5.46 Å². The van der Waals surface area contributed by atoms with Crippen molar-refractivity contribution >= 4 is 80.7 Å². The molecule has 6 aromatic rings. The van der Waals surface area contributed by atoms with Gasteiger partial charge in [-0.25, -0.2) is 29.9 Å². The third kappa shape index (κ3) is 9.92. The highest BCUT2D eigenvalue weighted by molar-refractivity contribution is 14.1. The molecule has 7 rings (SSSR count). The van der Waals surface area contributed by atoms with Gasteiger partial charge < -0.3 is 18.4 Å². The van der Waals surface area contributed by atoms with Crippen LogP contribution in [0.15, 0.2) is 61.2 Å². The van der Waals surface area contributed by atoms with Gasteiger partial charge in [-0.1, -0.05) is 73.4 Å². The Balaban J connectivity index is 0.000000188. The number of aromatic nitrogens is 8. The first kappa shape index (κ1) is 45.1. The first-order chi connectivity index (χ1) is 26.2. The highest BCUT2D eigenvalue weighted by atomic mass is 127. The summed E-state index contributed by atoms with van der Waals surface area (Å²) in [6.45, 7) is 16.9. The van der Waals surface area contributed by atoms with Crippen molar-refractivity contribution in [3.8, 4) is 11.4 Å². The van der Waals surface area contributed by atoms with Crippen LogP contribution in [-0.2, 0) is 34.8 Å². The number of nitrogens with zero attached hydrogens (tertiary/aromatic N) is 8. The molecule has 4 aromatic heterocycles. The molecule has 1 aliphatic rings. The second-order valence-electron chi connectivity index (χ2n) is 12.8. The summed E-state index contributed by atoms with van der Waals surface area (Å²) in [7, 11) is -0.632. The van der Waals surface area contributed by atoms with E-state index in [9.17, 15) is 26.3 Å². The molecular weight excluding hydrogens is 899 g/mol. The molecule has 56 heavy (non-hydrogen) atoms. The summed E-state index contributed by atoms with van der Waals surface area (Å²) in [6, 6.07) is 9.70. The second kappa shape index (κ2) is 17.9. The molecule has 300 valence electrons. The number of benzene rings is 2. The Morgan fingerprint density at radius 3 is 1.50 bits per heavy atom. The van der Waals surface area contributed by atoms with Gasteiger partial charge in [-0.05, 0) is 59.1 Å². The molecule has 0 radical (unpaired) electrons. The molecule has 0 spiro atoms. The Labute approximate surface area is 343 Å². The van der Waals surface area contributed by atoms with Gasteiger partial charge in [-0.15, -0.1) is 0 Å². The Morgan fingerprint density at radius 1 is 0.661 bits per heavy atom. The fourth-order valence-electron chi connectivity index (χ4n) is 5.21. The topological polar surface area (TPSA) is 106 Å². The lowest BCUT2D eigenvalue weighted by Gasteiger charge is -2.32. The number of imidazole rings is 2. The highest BCUT2D eigenvalue weighted by Gasteiger charge is 2.51. The van der Waals surface area contributed by atoms with E-state index >= 15 is 0 Å². The van der Waals surface area contributed by atoms with E-state index in [-0.39, 0.29) is 5.15 Å². The van der Waals surface area contributed by atoms with Crippen LogP contribution in [-0.4, -0.2) is 57.4 Å². The molecule has 1 aliphatic heterocycles. The molecule has 0 aliphatic carbocycles. The van der Waals surface area contributed by atoms with Gasteiger partial charge in [0.05, 0.1) is 22.3 Å². The standard InChI is InChI=1S/C14H10ClF3N4.C13H16BF3O2.C7H6ClIN4.C2H6/c1-2-22-12(21-10-11(15)19-7-20-13(10)22)8-3-5-9(6-4-8)14(16,17)18;1-11(2)12(3,4)19-14(18-11)10-7-5-9(6-8-10)13(15,16)17;1-2-13-6-4(12-7(13)9)5(8)10-3-11-6;1-2/h3-7H,2H2,1H3;5-8H,1-4H3;3H,2H2,1H3;1-2H3. The van der Waals surface area contributed by atoms with Crippen molar-refractivity contribution in [3.05, 3.63) is 86.4 Å². The van der Waals surface area contributed by atoms with E-state index in [0.29, 0.717) is 45.2 Å². The lowest BCUT2D eigenvalue weighted by atomic mass is 9.79. The van der Waals surface area contributed by atoms with Crippen molar-refractivity contribution in [2.45, 2.75) is 92.0 Å². The van der Waals surface area contributed by atoms with Crippen molar-refractivity contribution in [1.82, 2.24) is 39.0 Å². The fraction of sp³-hybridized carbons (Fsp3) is 0.389. The van der Waals surface area contributed by atoms with Crippen LogP contribution in [0.2, 0.25) is 10.3 Å². The Bertz CT molecular complexity index is 2230. The first-order valence-corrected chi connectivity index (χ1v) is 19.1. The van der Waals surface area contributed by atoms with E-state index in [4.69, 9.17) is 32.5 Å². The molecule has 0 bridgehead atoms. The molecule has 0 saturated carbocycles. The number of hydrogen-bond donors (Lipinski definition) is 0. The third-order valence-corrected chi connectivity index (χ3v) is 10.2.